The molecule has 24 heavy (non-hydrogen) atoms. The van der Waals surface area contributed by atoms with Crippen molar-refractivity contribution in [1.29, 1.82) is 0 Å². The summed E-state index contributed by atoms with van der Waals surface area (Å²) in [6, 6.07) is 9.79. The van der Waals surface area contributed by atoms with Crippen LogP contribution in [0.2, 0.25) is 0 Å². The van der Waals surface area contributed by atoms with Crippen molar-refractivity contribution in [2.24, 2.45) is 11.8 Å². The van der Waals surface area contributed by atoms with E-state index in [9.17, 15) is 9.59 Å². The minimum Gasteiger partial charge on any atom is -0.465 e. The molecule has 0 spiro atoms. The molecule has 4 nitrogen and oxygen atoms in total. The van der Waals surface area contributed by atoms with E-state index in [2.05, 4.69) is 19.1 Å². The van der Waals surface area contributed by atoms with E-state index in [1.807, 2.05) is 30.3 Å². The van der Waals surface area contributed by atoms with E-state index in [1.165, 1.54) is 6.92 Å². The summed E-state index contributed by atoms with van der Waals surface area (Å²) in [6.07, 6.45) is 6.62. The lowest BCUT2D eigenvalue weighted by Crippen LogP contribution is -2.31. The average molecular weight is 329 g/mol. The quantitative estimate of drug-likeness (QED) is 0.567. The SMILES string of the molecule is CC(=O)N(CCC(=O)OCC1CC=CCC1C)Cc1ccccc1. The summed E-state index contributed by atoms with van der Waals surface area (Å²) in [5.74, 6) is 0.704. The highest BCUT2D eigenvalue weighted by atomic mass is 16.5. The zero-order chi connectivity index (χ0) is 17.4. The van der Waals surface area contributed by atoms with Crippen molar-refractivity contribution >= 4 is 11.9 Å². The molecular formula is C20H27NO3. The van der Waals surface area contributed by atoms with Crippen LogP contribution in [0.3, 0.4) is 0 Å². The van der Waals surface area contributed by atoms with Gasteiger partial charge in [0.15, 0.2) is 0 Å². The fraction of sp³-hybridized carbons (Fsp3) is 0.500. The van der Waals surface area contributed by atoms with Gasteiger partial charge in [0.05, 0.1) is 13.0 Å². The first-order valence-electron chi connectivity index (χ1n) is 8.66. The summed E-state index contributed by atoms with van der Waals surface area (Å²) in [5, 5.41) is 0. The number of esters is 1. The Morgan fingerprint density at radius 3 is 2.54 bits per heavy atom. The molecule has 2 unspecified atom stereocenters. The summed E-state index contributed by atoms with van der Waals surface area (Å²) >= 11 is 0. The normalized spacial score (nSPS) is 19.8. The Balaban J connectivity index is 1.75. The molecular weight excluding hydrogens is 302 g/mol. The van der Waals surface area contributed by atoms with Crippen molar-refractivity contribution in [1.82, 2.24) is 4.90 Å². The van der Waals surface area contributed by atoms with Crippen molar-refractivity contribution < 1.29 is 14.3 Å². The van der Waals surface area contributed by atoms with Crippen LogP contribution in [0.15, 0.2) is 42.5 Å². The van der Waals surface area contributed by atoms with Gasteiger partial charge < -0.3 is 9.64 Å². The second kappa shape index (κ2) is 9.26. The van der Waals surface area contributed by atoms with Gasteiger partial charge in [0.2, 0.25) is 5.91 Å². The maximum atomic E-state index is 12.0. The Morgan fingerprint density at radius 1 is 1.17 bits per heavy atom. The number of allylic oxidation sites excluding steroid dienone is 2. The number of amides is 1. The third-order valence-electron chi connectivity index (χ3n) is 4.62. The molecule has 1 aliphatic rings. The molecule has 0 N–H and O–H groups in total. The Morgan fingerprint density at radius 2 is 1.88 bits per heavy atom. The fourth-order valence-corrected chi connectivity index (χ4v) is 2.89. The highest BCUT2D eigenvalue weighted by Gasteiger charge is 2.20. The van der Waals surface area contributed by atoms with Crippen LogP contribution in [0.5, 0.6) is 0 Å². The summed E-state index contributed by atoms with van der Waals surface area (Å²) < 4.78 is 5.42. The van der Waals surface area contributed by atoms with Gasteiger partial charge in [-0.25, -0.2) is 0 Å². The number of carbonyl (C=O) groups is 2. The number of ether oxygens (including phenoxy) is 1. The molecule has 0 heterocycles. The molecule has 0 aliphatic heterocycles. The van der Waals surface area contributed by atoms with Gasteiger partial charge >= 0.3 is 5.97 Å². The summed E-state index contributed by atoms with van der Waals surface area (Å²) in [4.78, 5) is 25.5. The number of hydrogen-bond donors (Lipinski definition) is 0. The van der Waals surface area contributed by atoms with Crippen molar-refractivity contribution in [2.75, 3.05) is 13.2 Å². The Bertz CT molecular complexity index is 568. The highest BCUT2D eigenvalue weighted by molar-refractivity contribution is 5.75. The van der Waals surface area contributed by atoms with Crippen LogP contribution in [0.4, 0.5) is 0 Å². The average Bonchev–Trinajstić information content (AvgIpc) is 2.58. The van der Waals surface area contributed by atoms with Gasteiger partial charge in [-0.15, -0.1) is 0 Å². The Hall–Kier alpha value is -2.10. The maximum absolute atomic E-state index is 12.0. The molecule has 0 bridgehead atoms. The van der Waals surface area contributed by atoms with Gasteiger partial charge in [-0.3, -0.25) is 9.59 Å². The van der Waals surface area contributed by atoms with Gasteiger partial charge in [0.25, 0.3) is 0 Å². The lowest BCUT2D eigenvalue weighted by atomic mass is 9.85. The number of hydrogen-bond acceptors (Lipinski definition) is 3. The molecule has 2 atom stereocenters. The zero-order valence-electron chi connectivity index (χ0n) is 14.6. The maximum Gasteiger partial charge on any atom is 0.307 e. The van der Waals surface area contributed by atoms with Gasteiger partial charge in [0, 0.05) is 20.0 Å². The molecule has 1 aromatic rings. The minimum absolute atomic E-state index is 0.0299. The molecule has 130 valence electrons. The Kier molecular flexibility index (Phi) is 7.04. The summed E-state index contributed by atoms with van der Waals surface area (Å²) in [5.41, 5.74) is 1.06. The van der Waals surface area contributed by atoms with Crippen molar-refractivity contribution in [3.63, 3.8) is 0 Å². The first-order valence-corrected chi connectivity index (χ1v) is 8.66. The fourth-order valence-electron chi connectivity index (χ4n) is 2.89. The number of carbonyl (C=O) groups excluding carboxylic acids is 2. The first kappa shape index (κ1) is 18.2. The second-order valence-electron chi connectivity index (χ2n) is 6.54. The molecule has 0 saturated heterocycles. The van der Waals surface area contributed by atoms with Crippen molar-refractivity contribution in [3.8, 4) is 0 Å². The van der Waals surface area contributed by atoms with Crippen LogP contribution in [-0.4, -0.2) is 29.9 Å². The van der Waals surface area contributed by atoms with Crippen LogP contribution in [0.25, 0.3) is 0 Å². The smallest absolute Gasteiger partial charge is 0.307 e. The molecule has 0 aromatic heterocycles. The zero-order valence-corrected chi connectivity index (χ0v) is 14.6. The molecule has 1 aromatic carbocycles. The first-order chi connectivity index (χ1) is 11.6. The topological polar surface area (TPSA) is 46.6 Å². The molecule has 0 saturated carbocycles. The second-order valence-corrected chi connectivity index (χ2v) is 6.54. The highest BCUT2D eigenvalue weighted by Crippen LogP contribution is 2.25. The van der Waals surface area contributed by atoms with E-state index in [1.54, 1.807) is 4.90 Å². The van der Waals surface area contributed by atoms with Crippen LogP contribution in [0, 0.1) is 11.8 Å². The lowest BCUT2D eigenvalue weighted by molar-refractivity contribution is -0.146. The van der Waals surface area contributed by atoms with Crippen LogP contribution in [-0.2, 0) is 20.9 Å². The molecule has 0 radical (unpaired) electrons. The Labute approximate surface area is 144 Å². The van der Waals surface area contributed by atoms with Gasteiger partial charge in [-0.05, 0) is 30.2 Å². The molecule has 0 fully saturated rings. The molecule has 2 rings (SSSR count). The van der Waals surface area contributed by atoms with E-state index < -0.39 is 0 Å². The van der Waals surface area contributed by atoms with E-state index in [0.717, 1.165) is 18.4 Å². The predicted octanol–water partition coefficient (Wildman–Crippen LogP) is 3.57. The van der Waals surface area contributed by atoms with E-state index >= 15 is 0 Å². The summed E-state index contributed by atoms with van der Waals surface area (Å²) in [6.45, 7) is 5.11. The molecule has 1 amide bonds. The van der Waals surface area contributed by atoms with Crippen LogP contribution in [0.1, 0.15) is 38.7 Å². The van der Waals surface area contributed by atoms with Crippen LogP contribution < -0.4 is 0 Å². The third kappa shape index (κ3) is 5.84. The van der Waals surface area contributed by atoms with Crippen LogP contribution >= 0.6 is 0 Å². The predicted molar refractivity (Wildman–Crippen MR) is 94.1 cm³/mol. The lowest BCUT2D eigenvalue weighted by Gasteiger charge is -2.25. The number of nitrogens with zero attached hydrogens (tertiary/aromatic N) is 1. The standard InChI is InChI=1S/C20H27NO3/c1-16-8-6-7-11-19(16)15-24-20(23)12-13-21(17(2)22)14-18-9-4-3-5-10-18/h3-7,9-10,16,19H,8,11-15H2,1-2H3. The van der Waals surface area contributed by atoms with Gasteiger partial charge in [-0.1, -0.05) is 49.4 Å². The van der Waals surface area contributed by atoms with Crippen molar-refractivity contribution in [3.05, 3.63) is 48.0 Å². The number of benzene rings is 1. The van der Waals surface area contributed by atoms with E-state index in [-0.39, 0.29) is 18.3 Å². The summed E-state index contributed by atoms with van der Waals surface area (Å²) in [7, 11) is 0. The van der Waals surface area contributed by atoms with E-state index in [4.69, 9.17) is 4.74 Å². The van der Waals surface area contributed by atoms with Crippen molar-refractivity contribution in [2.45, 2.75) is 39.7 Å². The molecule has 1 aliphatic carbocycles. The van der Waals surface area contributed by atoms with Gasteiger partial charge in [0.1, 0.15) is 0 Å². The largest absolute Gasteiger partial charge is 0.465 e. The third-order valence-corrected chi connectivity index (χ3v) is 4.62. The molecule has 4 heteroatoms. The number of rotatable bonds is 7. The van der Waals surface area contributed by atoms with Gasteiger partial charge in [-0.2, -0.15) is 0 Å². The monoisotopic (exact) mass is 329 g/mol. The van der Waals surface area contributed by atoms with E-state index in [0.29, 0.717) is 31.5 Å². The minimum atomic E-state index is -0.226.